The number of hydrogen-bond donors (Lipinski definition) is 1. The van der Waals surface area contributed by atoms with Gasteiger partial charge in [-0.25, -0.2) is 4.98 Å². The number of anilines is 1. The summed E-state index contributed by atoms with van der Waals surface area (Å²) in [6, 6.07) is 17.5. The molecule has 4 rings (SSSR count). The molecule has 0 atom stereocenters. The fraction of sp³-hybridized carbons (Fsp3) is 0.292. The first-order chi connectivity index (χ1) is 14.5. The van der Waals surface area contributed by atoms with Crippen molar-refractivity contribution in [2.45, 2.75) is 25.8 Å². The molecule has 0 saturated carbocycles. The van der Waals surface area contributed by atoms with Gasteiger partial charge >= 0.3 is 0 Å². The fourth-order valence-electron chi connectivity index (χ4n) is 3.86. The van der Waals surface area contributed by atoms with Crippen molar-refractivity contribution in [3.8, 4) is 28.5 Å². The van der Waals surface area contributed by atoms with Crippen LogP contribution in [0.25, 0.3) is 22.4 Å². The number of piperidine rings is 1. The molecule has 3 aromatic rings. The first-order valence-corrected chi connectivity index (χ1v) is 10.2. The van der Waals surface area contributed by atoms with E-state index >= 15 is 0 Å². The Hall–Kier alpha value is -3.14. The van der Waals surface area contributed by atoms with Crippen LogP contribution >= 0.6 is 12.4 Å². The number of halogens is 1. The molecule has 0 spiro atoms. The van der Waals surface area contributed by atoms with Gasteiger partial charge in [0.25, 0.3) is 5.56 Å². The van der Waals surface area contributed by atoms with Crippen molar-refractivity contribution >= 4 is 18.4 Å². The molecule has 7 heteroatoms. The van der Waals surface area contributed by atoms with Crippen LogP contribution in [0.4, 0.5) is 5.95 Å². The van der Waals surface area contributed by atoms with Crippen molar-refractivity contribution in [3.63, 3.8) is 0 Å². The Kier molecular flexibility index (Phi) is 6.79. The van der Waals surface area contributed by atoms with Gasteiger partial charge in [0.1, 0.15) is 0 Å². The van der Waals surface area contributed by atoms with Gasteiger partial charge in [-0.05, 0) is 37.5 Å². The topological polar surface area (TPSA) is 87.9 Å². The fourth-order valence-corrected chi connectivity index (χ4v) is 3.86. The lowest BCUT2D eigenvalue weighted by atomic mass is 9.99. The van der Waals surface area contributed by atoms with Gasteiger partial charge in [0, 0.05) is 31.7 Å². The van der Waals surface area contributed by atoms with Crippen LogP contribution < -0.4 is 16.2 Å². The van der Waals surface area contributed by atoms with Crippen molar-refractivity contribution in [3.05, 3.63) is 70.0 Å². The first-order valence-electron chi connectivity index (χ1n) is 10.2. The highest BCUT2D eigenvalue weighted by Crippen LogP contribution is 2.30. The lowest BCUT2D eigenvalue weighted by Crippen LogP contribution is -2.42. The third kappa shape index (κ3) is 4.48. The molecular formula is C24H26ClN5O. The number of aryl methyl sites for hydroxylation is 1. The minimum absolute atomic E-state index is 0. The SMILES string of the molecule is Cc1ccc(-c2c(-c3ccc(C#N)cc3)nc(N3CCC(N)CC3)n(C)c2=O)cc1.Cl. The Balaban J connectivity index is 0.00000272. The van der Waals surface area contributed by atoms with Gasteiger partial charge in [0.15, 0.2) is 0 Å². The van der Waals surface area contributed by atoms with Crippen molar-refractivity contribution in [1.29, 1.82) is 5.26 Å². The predicted octanol–water partition coefficient (Wildman–Crippen LogP) is 3.64. The van der Waals surface area contributed by atoms with Crippen LogP contribution in [-0.4, -0.2) is 28.7 Å². The van der Waals surface area contributed by atoms with E-state index in [1.165, 1.54) is 0 Å². The van der Waals surface area contributed by atoms with E-state index in [0.717, 1.165) is 42.6 Å². The van der Waals surface area contributed by atoms with E-state index in [2.05, 4.69) is 11.0 Å². The van der Waals surface area contributed by atoms with E-state index in [1.807, 2.05) is 43.3 Å². The Morgan fingerprint density at radius 1 is 1.03 bits per heavy atom. The number of aromatic nitrogens is 2. The summed E-state index contributed by atoms with van der Waals surface area (Å²) >= 11 is 0. The third-order valence-corrected chi connectivity index (χ3v) is 5.72. The van der Waals surface area contributed by atoms with E-state index in [-0.39, 0.29) is 24.0 Å². The second-order valence-corrected chi connectivity index (χ2v) is 7.88. The van der Waals surface area contributed by atoms with Crippen LogP contribution in [0.1, 0.15) is 24.0 Å². The molecule has 2 heterocycles. The maximum Gasteiger partial charge on any atom is 0.263 e. The van der Waals surface area contributed by atoms with Crippen LogP contribution in [0.15, 0.2) is 53.3 Å². The summed E-state index contributed by atoms with van der Waals surface area (Å²) in [5, 5.41) is 9.14. The molecule has 1 saturated heterocycles. The average molecular weight is 436 g/mol. The highest BCUT2D eigenvalue weighted by atomic mass is 35.5. The summed E-state index contributed by atoms with van der Waals surface area (Å²) in [5.74, 6) is 0.655. The monoisotopic (exact) mass is 435 g/mol. The van der Waals surface area contributed by atoms with E-state index in [0.29, 0.717) is 22.8 Å². The summed E-state index contributed by atoms with van der Waals surface area (Å²) in [4.78, 5) is 20.6. The van der Waals surface area contributed by atoms with Gasteiger partial charge < -0.3 is 10.6 Å². The number of hydrogen-bond acceptors (Lipinski definition) is 5. The number of rotatable bonds is 3. The molecule has 2 N–H and O–H groups in total. The van der Waals surface area contributed by atoms with Gasteiger partial charge in [-0.2, -0.15) is 5.26 Å². The zero-order valence-electron chi connectivity index (χ0n) is 17.7. The normalized spacial score (nSPS) is 14.1. The van der Waals surface area contributed by atoms with Crippen LogP contribution in [0, 0.1) is 18.3 Å². The molecule has 1 aliphatic heterocycles. The molecule has 1 aliphatic rings. The van der Waals surface area contributed by atoms with Crippen molar-refractivity contribution in [2.24, 2.45) is 12.8 Å². The minimum atomic E-state index is -0.0851. The summed E-state index contributed by atoms with van der Waals surface area (Å²) in [5.41, 5.74) is 10.5. The van der Waals surface area contributed by atoms with Gasteiger partial charge in [-0.15, -0.1) is 12.4 Å². The molecule has 1 aromatic heterocycles. The summed E-state index contributed by atoms with van der Waals surface area (Å²) in [6.07, 6.45) is 1.75. The Morgan fingerprint density at radius 3 is 2.19 bits per heavy atom. The quantitative estimate of drug-likeness (QED) is 0.678. The summed E-state index contributed by atoms with van der Waals surface area (Å²) < 4.78 is 1.64. The largest absolute Gasteiger partial charge is 0.342 e. The smallest absolute Gasteiger partial charge is 0.263 e. The Labute approximate surface area is 188 Å². The van der Waals surface area contributed by atoms with Crippen LogP contribution in [0.5, 0.6) is 0 Å². The second kappa shape index (κ2) is 9.34. The van der Waals surface area contributed by atoms with Crippen molar-refractivity contribution in [2.75, 3.05) is 18.0 Å². The second-order valence-electron chi connectivity index (χ2n) is 7.88. The van der Waals surface area contributed by atoms with E-state index < -0.39 is 0 Å². The molecule has 0 radical (unpaired) electrons. The van der Waals surface area contributed by atoms with Crippen LogP contribution in [-0.2, 0) is 7.05 Å². The molecule has 1 fully saturated rings. The lowest BCUT2D eigenvalue weighted by Gasteiger charge is -2.32. The van der Waals surface area contributed by atoms with Crippen molar-refractivity contribution in [1.82, 2.24) is 9.55 Å². The maximum atomic E-state index is 13.5. The molecule has 0 aliphatic carbocycles. The number of benzene rings is 2. The van der Waals surface area contributed by atoms with E-state index in [1.54, 1.807) is 23.7 Å². The number of nitrogens with two attached hydrogens (primary N) is 1. The van der Waals surface area contributed by atoms with Gasteiger partial charge in [0.2, 0.25) is 5.95 Å². The van der Waals surface area contributed by atoms with E-state index in [9.17, 15) is 4.79 Å². The predicted molar refractivity (Wildman–Crippen MR) is 126 cm³/mol. The summed E-state index contributed by atoms with van der Waals surface area (Å²) in [6.45, 7) is 3.57. The first kappa shape index (κ1) is 22.5. The Bertz CT molecular complexity index is 1150. The number of nitriles is 1. The van der Waals surface area contributed by atoms with E-state index in [4.69, 9.17) is 16.0 Å². The standard InChI is InChI=1S/C24H25N5O.ClH/c1-16-3-7-18(8-4-16)21-22(19-9-5-17(15-25)6-10-19)27-24(28(2)23(21)30)29-13-11-20(26)12-14-29;/h3-10,20H,11-14,26H2,1-2H3;1H. The van der Waals surface area contributed by atoms with Gasteiger partial charge in [-0.1, -0.05) is 42.0 Å². The highest BCUT2D eigenvalue weighted by Gasteiger charge is 2.24. The lowest BCUT2D eigenvalue weighted by molar-refractivity contribution is 0.490. The number of nitrogens with zero attached hydrogens (tertiary/aromatic N) is 4. The molecule has 31 heavy (non-hydrogen) atoms. The zero-order chi connectivity index (χ0) is 21.3. The van der Waals surface area contributed by atoms with Crippen LogP contribution in [0.3, 0.4) is 0 Å². The molecule has 160 valence electrons. The minimum Gasteiger partial charge on any atom is -0.342 e. The van der Waals surface area contributed by atoms with Crippen molar-refractivity contribution < 1.29 is 0 Å². The molecule has 0 bridgehead atoms. The average Bonchev–Trinajstić information content (AvgIpc) is 2.77. The Morgan fingerprint density at radius 2 is 1.61 bits per heavy atom. The molecule has 0 unspecified atom stereocenters. The van der Waals surface area contributed by atoms with Crippen LogP contribution in [0.2, 0.25) is 0 Å². The molecule has 0 amide bonds. The molecular weight excluding hydrogens is 410 g/mol. The zero-order valence-corrected chi connectivity index (χ0v) is 18.5. The van der Waals surface area contributed by atoms with Gasteiger partial charge in [-0.3, -0.25) is 9.36 Å². The summed E-state index contributed by atoms with van der Waals surface area (Å²) in [7, 11) is 1.78. The van der Waals surface area contributed by atoms with Gasteiger partial charge in [0.05, 0.1) is 22.9 Å². The molecule has 6 nitrogen and oxygen atoms in total. The molecule has 2 aromatic carbocycles. The maximum absolute atomic E-state index is 13.5. The highest BCUT2D eigenvalue weighted by molar-refractivity contribution is 5.85. The third-order valence-electron chi connectivity index (χ3n) is 5.72.